The fraction of sp³-hybridized carbons (Fsp3) is 0.545. The number of thiazole rings is 1. The second-order valence-electron chi connectivity index (χ2n) is 4.44. The van der Waals surface area contributed by atoms with Crippen LogP contribution >= 0.6 is 11.3 Å². The van der Waals surface area contributed by atoms with E-state index in [1.54, 1.807) is 13.8 Å². The van der Waals surface area contributed by atoms with Gasteiger partial charge in [0.15, 0.2) is 0 Å². The second-order valence-corrected chi connectivity index (χ2v) is 5.67. The van der Waals surface area contributed by atoms with Gasteiger partial charge in [-0.2, -0.15) is 0 Å². The fourth-order valence-electron chi connectivity index (χ4n) is 1.15. The van der Waals surface area contributed by atoms with Crippen molar-refractivity contribution in [3.63, 3.8) is 0 Å². The Balaban J connectivity index is 2.42. The molecule has 5 nitrogen and oxygen atoms in total. The van der Waals surface area contributed by atoms with Crippen molar-refractivity contribution in [1.82, 2.24) is 10.3 Å². The maximum Gasteiger partial charge on any atom is 0.309 e. The van der Waals surface area contributed by atoms with Gasteiger partial charge in [-0.15, -0.1) is 11.3 Å². The largest absolute Gasteiger partial charge is 0.481 e. The molecule has 1 aromatic heterocycles. The van der Waals surface area contributed by atoms with E-state index < -0.39 is 11.4 Å². The zero-order valence-corrected chi connectivity index (χ0v) is 10.9. The lowest BCUT2D eigenvalue weighted by Gasteiger charge is -2.18. The summed E-state index contributed by atoms with van der Waals surface area (Å²) in [6, 6.07) is 0. The van der Waals surface area contributed by atoms with Crippen LogP contribution in [0.2, 0.25) is 0 Å². The van der Waals surface area contributed by atoms with Crippen LogP contribution in [0.15, 0.2) is 6.20 Å². The van der Waals surface area contributed by atoms with Gasteiger partial charge in [-0.25, -0.2) is 4.98 Å². The summed E-state index contributed by atoms with van der Waals surface area (Å²) in [5, 5.41) is 12.4. The number of hydrogen-bond acceptors (Lipinski definition) is 4. The number of rotatable bonds is 5. The summed E-state index contributed by atoms with van der Waals surface area (Å²) in [6.07, 6.45) is 1.92. The van der Waals surface area contributed by atoms with Crippen molar-refractivity contribution in [3.05, 3.63) is 16.1 Å². The van der Waals surface area contributed by atoms with E-state index in [2.05, 4.69) is 10.3 Å². The summed E-state index contributed by atoms with van der Waals surface area (Å²) in [5.74, 6) is -1.06. The minimum Gasteiger partial charge on any atom is -0.481 e. The number of carbonyl (C=O) groups is 2. The van der Waals surface area contributed by atoms with Crippen LogP contribution in [0.4, 0.5) is 0 Å². The number of carbonyl (C=O) groups excluding carboxylic acids is 1. The van der Waals surface area contributed by atoms with Crippen LogP contribution in [0.5, 0.6) is 0 Å². The number of nitrogens with one attached hydrogen (secondary N) is 1. The Hall–Kier alpha value is -1.43. The zero-order valence-electron chi connectivity index (χ0n) is 10.1. The van der Waals surface area contributed by atoms with Crippen molar-refractivity contribution >= 4 is 23.2 Å². The van der Waals surface area contributed by atoms with Gasteiger partial charge in [0, 0.05) is 6.54 Å². The molecule has 0 aliphatic carbocycles. The number of nitrogens with zero attached hydrogens (tertiary/aromatic N) is 1. The van der Waals surface area contributed by atoms with E-state index in [4.69, 9.17) is 5.11 Å². The van der Waals surface area contributed by atoms with Crippen LogP contribution in [-0.4, -0.2) is 28.5 Å². The van der Waals surface area contributed by atoms with E-state index in [0.717, 1.165) is 5.01 Å². The molecule has 6 heteroatoms. The molecule has 0 saturated carbocycles. The number of carboxylic acids is 1. The summed E-state index contributed by atoms with van der Waals surface area (Å²) in [6.45, 7) is 5.45. The second kappa shape index (κ2) is 5.27. The molecular weight excluding hydrogens is 240 g/mol. The number of aromatic nitrogens is 1. The summed E-state index contributed by atoms with van der Waals surface area (Å²) in [5.41, 5.74) is -0.823. The molecule has 17 heavy (non-hydrogen) atoms. The third-order valence-corrected chi connectivity index (χ3v) is 3.37. The normalized spacial score (nSPS) is 11.2. The number of carboxylic acid groups (broad SMARTS) is 1. The van der Waals surface area contributed by atoms with Gasteiger partial charge in [0.25, 0.3) is 5.91 Å². The highest BCUT2D eigenvalue weighted by Crippen LogP contribution is 2.19. The van der Waals surface area contributed by atoms with Gasteiger partial charge in [0.1, 0.15) is 4.88 Å². The lowest BCUT2D eigenvalue weighted by molar-refractivity contribution is -0.147. The van der Waals surface area contributed by atoms with Gasteiger partial charge in [0.2, 0.25) is 0 Å². The molecule has 0 radical (unpaired) electrons. The summed E-state index contributed by atoms with van der Waals surface area (Å²) >= 11 is 1.32. The van der Waals surface area contributed by atoms with E-state index in [-0.39, 0.29) is 5.91 Å². The van der Waals surface area contributed by atoms with Crippen LogP contribution < -0.4 is 5.32 Å². The average molecular weight is 256 g/mol. The number of aryl methyl sites for hydroxylation is 1. The maximum absolute atomic E-state index is 11.6. The van der Waals surface area contributed by atoms with Gasteiger partial charge in [0.05, 0.1) is 16.6 Å². The first-order valence-corrected chi connectivity index (χ1v) is 6.08. The molecule has 1 amide bonds. The third-order valence-electron chi connectivity index (χ3n) is 2.46. The molecule has 0 bridgehead atoms. The molecule has 1 heterocycles. The monoisotopic (exact) mass is 256 g/mol. The molecule has 0 saturated heterocycles. The third kappa shape index (κ3) is 3.81. The fourth-order valence-corrected chi connectivity index (χ4v) is 1.84. The van der Waals surface area contributed by atoms with Gasteiger partial charge >= 0.3 is 5.97 Å². The molecule has 1 aromatic rings. The predicted octanol–water partition coefficient (Wildman–Crippen LogP) is 1.68. The standard InChI is InChI=1S/C11H16N2O3S/c1-7-13-6-8(17-7)9(14)12-5-4-11(2,3)10(15)16/h6H,4-5H2,1-3H3,(H,12,14)(H,15,16). The molecule has 94 valence electrons. The van der Waals surface area contributed by atoms with Gasteiger partial charge in [-0.1, -0.05) is 0 Å². The highest BCUT2D eigenvalue weighted by atomic mass is 32.1. The Morgan fingerprint density at radius 1 is 1.53 bits per heavy atom. The van der Waals surface area contributed by atoms with Gasteiger partial charge in [-0.3, -0.25) is 9.59 Å². The summed E-state index contributed by atoms with van der Waals surface area (Å²) < 4.78 is 0. The Kier molecular flexibility index (Phi) is 4.22. The molecule has 0 unspecified atom stereocenters. The molecular formula is C11H16N2O3S. The highest BCUT2D eigenvalue weighted by Gasteiger charge is 2.26. The molecule has 1 rings (SSSR count). The maximum atomic E-state index is 11.6. The van der Waals surface area contributed by atoms with Crippen LogP contribution in [0, 0.1) is 12.3 Å². The molecule has 0 spiro atoms. The molecule has 0 fully saturated rings. The quantitative estimate of drug-likeness (QED) is 0.840. The topological polar surface area (TPSA) is 79.3 Å². The van der Waals surface area contributed by atoms with E-state index in [0.29, 0.717) is 17.8 Å². The first-order chi connectivity index (χ1) is 7.83. The minimum atomic E-state index is -0.861. The SMILES string of the molecule is Cc1ncc(C(=O)NCCC(C)(C)C(=O)O)s1. The van der Waals surface area contributed by atoms with E-state index >= 15 is 0 Å². The predicted molar refractivity (Wildman–Crippen MR) is 65.2 cm³/mol. The van der Waals surface area contributed by atoms with E-state index in [9.17, 15) is 9.59 Å². The molecule has 0 atom stereocenters. The number of amides is 1. The van der Waals surface area contributed by atoms with Crippen molar-refractivity contribution in [3.8, 4) is 0 Å². The zero-order chi connectivity index (χ0) is 13.1. The van der Waals surface area contributed by atoms with Gasteiger partial charge in [-0.05, 0) is 27.2 Å². The van der Waals surface area contributed by atoms with Crippen molar-refractivity contribution in [2.45, 2.75) is 27.2 Å². The first-order valence-electron chi connectivity index (χ1n) is 5.27. The van der Waals surface area contributed by atoms with E-state index in [1.807, 2.05) is 6.92 Å². The van der Waals surface area contributed by atoms with Crippen LogP contribution in [-0.2, 0) is 4.79 Å². The Morgan fingerprint density at radius 2 is 2.18 bits per heavy atom. The van der Waals surface area contributed by atoms with Crippen molar-refractivity contribution in [2.75, 3.05) is 6.54 Å². The molecule has 2 N–H and O–H groups in total. The van der Waals surface area contributed by atoms with Crippen molar-refractivity contribution < 1.29 is 14.7 Å². The lowest BCUT2D eigenvalue weighted by Crippen LogP contribution is -2.31. The van der Waals surface area contributed by atoms with Crippen molar-refractivity contribution in [2.24, 2.45) is 5.41 Å². The van der Waals surface area contributed by atoms with Crippen molar-refractivity contribution in [1.29, 1.82) is 0 Å². The van der Waals surface area contributed by atoms with Crippen LogP contribution in [0.1, 0.15) is 34.9 Å². The lowest BCUT2D eigenvalue weighted by atomic mass is 9.90. The van der Waals surface area contributed by atoms with E-state index in [1.165, 1.54) is 17.5 Å². The summed E-state index contributed by atoms with van der Waals surface area (Å²) in [4.78, 5) is 27.0. The summed E-state index contributed by atoms with van der Waals surface area (Å²) in [7, 11) is 0. The number of hydrogen-bond donors (Lipinski definition) is 2. The molecule has 0 aliphatic rings. The smallest absolute Gasteiger partial charge is 0.309 e. The number of aliphatic carboxylic acids is 1. The highest BCUT2D eigenvalue weighted by molar-refractivity contribution is 7.13. The first kappa shape index (κ1) is 13.6. The minimum absolute atomic E-state index is 0.197. The van der Waals surface area contributed by atoms with Crippen LogP contribution in [0.25, 0.3) is 0 Å². The van der Waals surface area contributed by atoms with Crippen LogP contribution in [0.3, 0.4) is 0 Å². The Bertz CT molecular complexity index is 426. The molecule has 0 aromatic carbocycles. The van der Waals surface area contributed by atoms with Gasteiger partial charge < -0.3 is 10.4 Å². The Morgan fingerprint density at radius 3 is 2.65 bits per heavy atom. The molecule has 0 aliphatic heterocycles. The Labute approximate surface area is 104 Å². The average Bonchev–Trinajstić information content (AvgIpc) is 2.64.